The first-order chi connectivity index (χ1) is 16.9. The molecule has 2 amide bonds. The minimum atomic E-state index is -1.38. The van der Waals surface area contributed by atoms with E-state index in [9.17, 15) is 19.5 Å². The second-order valence-corrected chi connectivity index (χ2v) is 8.41. The number of nitrogens with one attached hydrogen (secondary N) is 2. The molecule has 9 nitrogen and oxygen atoms in total. The number of aromatic nitrogens is 1. The van der Waals surface area contributed by atoms with Gasteiger partial charge in [-0.25, -0.2) is 9.59 Å². The van der Waals surface area contributed by atoms with Crippen LogP contribution in [-0.4, -0.2) is 40.4 Å². The van der Waals surface area contributed by atoms with Gasteiger partial charge in [-0.1, -0.05) is 67.5 Å². The van der Waals surface area contributed by atoms with E-state index in [1.807, 2.05) is 36.4 Å². The van der Waals surface area contributed by atoms with E-state index in [2.05, 4.69) is 27.9 Å². The van der Waals surface area contributed by atoms with Crippen molar-refractivity contribution < 1.29 is 28.8 Å². The van der Waals surface area contributed by atoms with Crippen LogP contribution in [0.2, 0.25) is 0 Å². The highest BCUT2D eigenvalue weighted by Crippen LogP contribution is 2.44. The summed E-state index contributed by atoms with van der Waals surface area (Å²) in [7, 11) is 0. The molecule has 0 spiro atoms. The molecule has 0 radical (unpaired) electrons. The Kier molecular flexibility index (Phi) is 6.86. The molecule has 1 heterocycles. The van der Waals surface area contributed by atoms with Gasteiger partial charge in [-0.05, 0) is 35.1 Å². The van der Waals surface area contributed by atoms with Crippen LogP contribution >= 0.6 is 0 Å². The van der Waals surface area contributed by atoms with Gasteiger partial charge in [0.25, 0.3) is 5.91 Å². The Balaban J connectivity index is 1.33. The van der Waals surface area contributed by atoms with Gasteiger partial charge in [0.15, 0.2) is 11.5 Å². The van der Waals surface area contributed by atoms with E-state index >= 15 is 0 Å². The first-order valence-corrected chi connectivity index (χ1v) is 11.5. The molecule has 9 heteroatoms. The fraction of sp³-hybridized carbons (Fsp3) is 0.308. The number of carbonyl (C=O) groups is 3. The number of carboxylic acid groups (broad SMARTS) is 1. The summed E-state index contributed by atoms with van der Waals surface area (Å²) in [6.07, 6.45) is -0.187. The average Bonchev–Trinajstić information content (AvgIpc) is 3.48. The van der Waals surface area contributed by atoms with Crippen molar-refractivity contribution in [3.05, 3.63) is 77.2 Å². The molecule has 1 aromatic heterocycles. The number of alkyl carbamates (subject to hydrolysis) is 1. The maximum Gasteiger partial charge on any atom is 0.407 e. The number of aliphatic carboxylic acids is 1. The first kappa shape index (κ1) is 24.0. The molecule has 35 heavy (non-hydrogen) atoms. The smallest absolute Gasteiger partial charge is 0.407 e. The van der Waals surface area contributed by atoms with E-state index in [0.717, 1.165) is 22.3 Å². The Morgan fingerprint density at radius 2 is 1.63 bits per heavy atom. The van der Waals surface area contributed by atoms with Crippen LogP contribution in [0.15, 0.2) is 59.1 Å². The Morgan fingerprint density at radius 3 is 2.20 bits per heavy atom. The van der Waals surface area contributed by atoms with Crippen molar-refractivity contribution >= 4 is 18.0 Å². The highest BCUT2D eigenvalue weighted by molar-refractivity contribution is 5.96. The molecule has 0 atom stereocenters. The molecule has 1 aliphatic carbocycles. The summed E-state index contributed by atoms with van der Waals surface area (Å²) in [5, 5.41) is 18.3. The number of hydrogen-bond acceptors (Lipinski definition) is 6. The fourth-order valence-electron chi connectivity index (χ4n) is 4.38. The number of hydrogen-bond donors (Lipinski definition) is 3. The van der Waals surface area contributed by atoms with Gasteiger partial charge in [0.2, 0.25) is 0 Å². The van der Waals surface area contributed by atoms with Gasteiger partial charge >= 0.3 is 12.1 Å². The number of benzene rings is 2. The number of nitrogens with zero attached hydrogens (tertiary/aromatic N) is 1. The van der Waals surface area contributed by atoms with Gasteiger partial charge in [-0.15, -0.1) is 0 Å². The zero-order valence-corrected chi connectivity index (χ0v) is 19.5. The summed E-state index contributed by atoms with van der Waals surface area (Å²) < 4.78 is 10.6. The van der Waals surface area contributed by atoms with Crippen LogP contribution in [0.5, 0.6) is 0 Å². The third-order valence-electron chi connectivity index (χ3n) is 6.51. The van der Waals surface area contributed by atoms with Crippen LogP contribution < -0.4 is 10.6 Å². The topological polar surface area (TPSA) is 131 Å². The lowest BCUT2D eigenvalue weighted by molar-refractivity contribution is -0.144. The quantitative estimate of drug-likeness (QED) is 0.423. The first-order valence-electron chi connectivity index (χ1n) is 11.5. The highest BCUT2D eigenvalue weighted by atomic mass is 16.5. The van der Waals surface area contributed by atoms with Crippen molar-refractivity contribution in [2.24, 2.45) is 0 Å². The van der Waals surface area contributed by atoms with E-state index in [-0.39, 0.29) is 43.4 Å². The molecule has 0 bridgehead atoms. The van der Waals surface area contributed by atoms with Gasteiger partial charge in [-0.2, -0.15) is 0 Å². The Morgan fingerprint density at radius 1 is 1.03 bits per heavy atom. The minimum Gasteiger partial charge on any atom is -0.480 e. The lowest BCUT2D eigenvalue weighted by atomic mass is 9.93. The molecule has 4 rings (SSSR count). The Labute approximate surface area is 202 Å². The number of rotatable bonds is 9. The van der Waals surface area contributed by atoms with Gasteiger partial charge < -0.3 is 25.0 Å². The van der Waals surface area contributed by atoms with Crippen molar-refractivity contribution in [1.82, 2.24) is 15.8 Å². The maximum atomic E-state index is 12.5. The predicted octanol–water partition coefficient (Wildman–Crippen LogP) is 4.09. The third-order valence-corrected chi connectivity index (χ3v) is 6.51. The van der Waals surface area contributed by atoms with Gasteiger partial charge in [0, 0.05) is 12.0 Å². The third kappa shape index (κ3) is 4.75. The monoisotopic (exact) mass is 477 g/mol. The summed E-state index contributed by atoms with van der Waals surface area (Å²) in [5.41, 5.74) is 3.07. The lowest BCUT2D eigenvalue weighted by Gasteiger charge is -2.27. The van der Waals surface area contributed by atoms with Crippen molar-refractivity contribution in [2.45, 2.75) is 44.7 Å². The summed E-state index contributed by atoms with van der Waals surface area (Å²) in [6, 6.07) is 17.5. The largest absolute Gasteiger partial charge is 0.480 e. The number of amides is 2. The Hall–Kier alpha value is -4.14. The number of carboxylic acids is 1. The molecular weight excluding hydrogens is 450 g/mol. The second kappa shape index (κ2) is 10.0. The zero-order valence-electron chi connectivity index (χ0n) is 19.5. The second-order valence-electron chi connectivity index (χ2n) is 8.41. The van der Waals surface area contributed by atoms with Gasteiger partial charge in [0.1, 0.15) is 12.1 Å². The van der Waals surface area contributed by atoms with E-state index in [0.29, 0.717) is 0 Å². The minimum absolute atomic E-state index is 0.0391. The van der Waals surface area contributed by atoms with Crippen LogP contribution in [0.4, 0.5) is 4.79 Å². The summed E-state index contributed by atoms with van der Waals surface area (Å²) in [5.74, 6) is -1.60. The average molecular weight is 478 g/mol. The van der Waals surface area contributed by atoms with Crippen molar-refractivity contribution in [2.75, 3.05) is 6.61 Å². The number of fused-ring (bicyclic) bond motifs is 3. The fourth-order valence-corrected chi connectivity index (χ4v) is 4.38. The van der Waals surface area contributed by atoms with Crippen LogP contribution in [0.3, 0.4) is 0 Å². The van der Waals surface area contributed by atoms with Crippen molar-refractivity contribution in [1.29, 1.82) is 0 Å². The summed E-state index contributed by atoms with van der Waals surface area (Å²) in [4.78, 5) is 36.4. The van der Waals surface area contributed by atoms with Crippen LogP contribution in [0.25, 0.3) is 11.1 Å². The maximum absolute atomic E-state index is 12.5. The molecule has 3 N–H and O–H groups in total. The van der Waals surface area contributed by atoms with Crippen molar-refractivity contribution in [3.8, 4) is 11.1 Å². The molecule has 0 fully saturated rings. The normalized spacial score (nSPS) is 12.5. The van der Waals surface area contributed by atoms with Crippen LogP contribution in [0, 0.1) is 0 Å². The van der Waals surface area contributed by atoms with Crippen molar-refractivity contribution in [3.63, 3.8) is 0 Å². The Bertz CT molecular complexity index is 1200. The molecule has 2 aromatic carbocycles. The molecular formula is C26H27N3O6. The summed E-state index contributed by atoms with van der Waals surface area (Å²) >= 11 is 0. The molecule has 0 aliphatic heterocycles. The van der Waals surface area contributed by atoms with Crippen LogP contribution in [-0.2, 0) is 16.1 Å². The van der Waals surface area contributed by atoms with Gasteiger partial charge in [0.05, 0.1) is 6.54 Å². The number of ether oxygens (including phenoxy) is 1. The number of carbonyl (C=O) groups excluding carboxylic acids is 2. The standard InChI is InChI=1S/C26H27N3O6/c1-3-26(4-2,24(31)32)28-23(30)22-13-16(35-29-22)14-27-25(33)34-15-21-19-11-7-5-9-17(19)18-10-6-8-12-20(18)21/h5-13,21H,3-4,14-15H2,1-2H3,(H,27,33)(H,28,30)(H,31,32). The molecule has 1 aliphatic rings. The molecule has 0 unspecified atom stereocenters. The van der Waals surface area contributed by atoms with Gasteiger partial charge in [-0.3, -0.25) is 4.79 Å². The van der Waals surface area contributed by atoms with E-state index in [1.165, 1.54) is 6.07 Å². The van der Waals surface area contributed by atoms with E-state index in [1.54, 1.807) is 13.8 Å². The predicted molar refractivity (Wildman–Crippen MR) is 127 cm³/mol. The zero-order chi connectivity index (χ0) is 25.0. The lowest BCUT2D eigenvalue weighted by Crippen LogP contribution is -2.53. The van der Waals surface area contributed by atoms with E-state index in [4.69, 9.17) is 9.26 Å². The molecule has 182 valence electrons. The molecule has 0 saturated heterocycles. The highest BCUT2D eigenvalue weighted by Gasteiger charge is 2.37. The summed E-state index contributed by atoms with van der Waals surface area (Å²) in [6.45, 7) is 3.51. The molecule has 0 saturated carbocycles. The van der Waals surface area contributed by atoms with E-state index < -0.39 is 23.5 Å². The molecule has 3 aromatic rings. The SMILES string of the molecule is CCC(CC)(NC(=O)c1cc(CNC(=O)OCC2c3ccccc3-c3ccccc32)on1)C(=O)O. The van der Waals surface area contributed by atoms with Crippen LogP contribution in [0.1, 0.15) is 60.0 Å².